The standard InChI is InChI=1S/C25H34FN3O6S/c1-6-7-14-27-25(31)18(2)28(16-19-8-10-20(26)11-9-19)24(30)17-29(36(5,32)33)21-12-13-22(34-3)23(15-21)35-4/h8-13,15,18H,6-7,14,16-17H2,1-5H3,(H,27,31)/t18-/m0/s1. The largest absolute Gasteiger partial charge is 0.493 e. The molecule has 0 spiro atoms. The van der Waals surface area contributed by atoms with E-state index in [-0.39, 0.29) is 18.1 Å². The molecule has 2 aromatic carbocycles. The number of hydrogen-bond donors (Lipinski definition) is 1. The number of carbonyl (C=O) groups excluding carboxylic acids is 2. The van der Waals surface area contributed by atoms with Gasteiger partial charge >= 0.3 is 0 Å². The molecule has 198 valence electrons. The molecule has 0 radical (unpaired) electrons. The van der Waals surface area contributed by atoms with Crippen LogP contribution in [0.2, 0.25) is 0 Å². The minimum Gasteiger partial charge on any atom is -0.493 e. The number of ether oxygens (including phenoxy) is 2. The van der Waals surface area contributed by atoms with Crippen LogP contribution in [0.3, 0.4) is 0 Å². The molecule has 0 unspecified atom stereocenters. The third kappa shape index (κ3) is 7.84. The highest BCUT2D eigenvalue weighted by molar-refractivity contribution is 7.92. The summed E-state index contributed by atoms with van der Waals surface area (Å²) in [6.45, 7) is 3.46. The summed E-state index contributed by atoms with van der Waals surface area (Å²) in [4.78, 5) is 27.6. The molecule has 0 saturated carbocycles. The summed E-state index contributed by atoms with van der Waals surface area (Å²) in [6, 6.07) is 9.15. The van der Waals surface area contributed by atoms with Gasteiger partial charge in [0.15, 0.2) is 11.5 Å². The van der Waals surface area contributed by atoms with Crippen molar-refractivity contribution in [3.63, 3.8) is 0 Å². The number of unbranched alkanes of at least 4 members (excludes halogenated alkanes) is 1. The Bertz CT molecular complexity index is 1140. The Kier molecular flexibility index (Phi) is 10.5. The molecule has 0 aromatic heterocycles. The maximum Gasteiger partial charge on any atom is 0.244 e. The van der Waals surface area contributed by atoms with E-state index in [9.17, 15) is 22.4 Å². The molecule has 0 bridgehead atoms. The summed E-state index contributed by atoms with van der Waals surface area (Å²) in [6.07, 6.45) is 2.66. The number of nitrogens with zero attached hydrogens (tertiary/aromatic N) is 2. The molecule has 0 heterocycles. The lowest BCUT2D eigenvalue weighted by Crippen LogP contribution is -2.51. The lowest BCUT2D eigenvalue weighted by atomic mass is 10.1. The van der Waals surface area contributed by atoms with Crippen LogP contribution in [0.4, 0.5) is 10.1 Å². The number of anilines is 1. The smallest absolute Gasteiger partial charge is 0.244 e. The van der Waals surface area contributed by atoms with Gasteiger partial charge in [-0.2, -0.15) is 0 Å². The summed E-state index contributed by atoms with van der Waals surface area (Å²) >= 11 is 0. The number of halogens is 1. The fourth-order valence-electron chi connectivity index (χ4n) is 3.50. The van der Waals surface area contributed by atoms with Crippen LogP contribution < -0.4 is 19.1 Å². The summed E-state index contributed by atoms with van der Waals surface area (Å²) < 4.78 is 50.2. The third-order valence-electron chi connectivity index (χ3n) is 5.60. The summed E-state index contributed by atoms with van der Waals surface area (Å²) in [5.74, 6) is -0.702. The van der Waals surface area contributed by atoms with Crippen LogP contribution in [0.15, 0.2) is 42.5 Å². The molecule has 2 rings (SSSR count). The molecule has 1 atom stereocenters. The van der Waals surface area contributed by atoms with Crippen LogP contribution in [0.25, 0.3) is 0 Å². The molecule has 1 N–H and O–H groups in total. The highest BCUT2D eigenvalue weighted by Crippen LogP contribution is 2.32. The van der Waals surface area contributed by atoms with E-state index in [4.69, 9.17) is 9.47 Å². The molecule has 2 aromatic rings. The van der Waals surface area contributed by atoms with E-state index in [1.807, 2.05) is 6.92 Å². The van der Waals surface area contributed by atoms with Gasteiger partial charge in [-0.1, -0.05) is 25.5 Å². The zero-order chi connectivity index (χ0) is 26.9. The first kappa shape index (κ1) is 28.9. The first-order chi connectivity index (χ1) is 17.0. The predicted molar refractivity (Wildman–Crippen MR) is 136 cm³/mol. The number of rotatable bonds is 13. The lowest BCUT2D eigenvalue weighted by Gasteiger charge is -2.31. The predicted octanol–water partition coefficient (Wildman–Crippen LogP) is 2.94. The molecular weight excluding hydrogens is 489 g/mol. The number of hydrogen-bond acceptors (Lipinski definition) is 6. The number of amides is 2. The van der Waals surface area contributed by atoms with Crippen LogP contribution in [-0.2, 0) is 26.2 Å². The maximum atomic E-state index is 13.5. The first-order valence-electron chi connectivity index (χ1n) is 11.5. The number of sulfonamides is 1. The van der Waals surface area contributed by atoms with Gasteiger partial charge in [-0.3, -0.25) is 13.9 Å². The summed E-state index contributed by atoms with van der Waals surface area (Å²) in [5.41, 5.74) is 0.792. The summed E-state index contributed by atoms with van der Waals surface area (Å²) in [5, 5.41) is 2.80. The molecule has 11 heteroatoms. The molecule has 36 heavy (non-hydrogen) atoms. The second-order valence-electron chi connectivity index (χ2n) is 8.28. The number of methoxy groups -OCH3 is 2. The van der Waals surface area contributed by atoms with Crippen LogP contribution in [0, 0.1) is 5.82 Å². The highest BCUT2D eigenvalue weighted by atomic mass is 32.2. The second kappa shape index (κ2) is 13.1. The molecule has 2 amide bonds. The van der Waals surface area contributed by atoms with Crippen LogP contribution in [0.5, 0.6) is 11.5 Å². The van der Waals surface area contributed by atoms with Crippen molar-refractivity contribution in [2.24, 2.45) is 0 Å². The minimum absolute atomic E-state index is 0.00892. The normalized spacial score (nSPS) is 11.9. The van der Waals surface area contributed by atoms with Crippen molar-refractivity contribution in [1.29, 1.82) is 0 Å². The van der Waals surface area contributed by atoms with Gasteiger partial charge in [0.2, 0.25) is 21.8 Å². The molecule has 0 saturated heterocycles. The van der Waals surface area contributed by atoms with E-state index in [2.05, 4.69) is 5.32 Å². The Labute approximate surface area is 212 Å². The van der Waals surface area contributed by atoms with Crippen LogP contribution in [0.1, 0.15) is 32.3 Å². The minimum atomic E-state index is -3.89. The number of nitrogens with one attached hydrogen (secondary N) is 1. The zero-order valence-corrected chi connectivity index (χ0v) is 22.1. The highest BCUT2D eigenvalue weighted by Gasteiger charge is 2.30. The van der Waals surface area contributed by atoms with Crippen LogP contribution >= 0.6 is 0 Å². The Hall–Kier alpha value is -3.34. The van der Waals surface area contributed by atoms with Gasteiger partial charge in [0.05, 0.1) is 26.2 Å². The van der Waals surface area contributed by atoms with Gasteiger partial charge in [-0.25, -0.2) is 12.8 Å². The molecule has 0 aliphatic heterocycles. The van der Waals surface area contributed by atoms with Gasteiger partial charge < -0.3 is 19.7 Å². The second-order valence-corrected chi connectivity index (χ2v) is 10.2. The Morgan fingerprint density at radius 3 is 2.25 bits per heavy atom. The van der Waals surface area contributed by atoms with Crippen LogP contribution in [-0.4, -0.2) is 64.7 Å². The van der Waals surface area contributed by atoms with Gasteiger partial charge in [0.1, 0.15) is 18.4 Å². The van der Waals surface area contributed by atoms with Crippen molar-refractivity contribution in [2.75, 3.05) is 37.9 Å². The Balaban J connectivity index is 2.39. The van der Waals surface area contributed by atoms with Crippen molar-refractivity contribution >= 4 is 27.5 Å². The molecule has 0 aliphatic rings. The van der Waals surface area contributed by atoms with E-state index < -0.39 is 34.3 Å². The zero-order valence-electron chi connectivity index (χ0n) is 21.3. The van der Waals surface area contributed by atoms with Crippen molar-refractivity contribution < 1.29 is 31.9 Å². The Morgan fingerprint density at radius 1 is 1.06 bits per heavy atom. The maximum absolute atomic E-state index is 13.5. The van der Waals surface area contributed by atoms with E-state index in [0.29, 0.717) is 23.6 Å². The quantitative estimate of drug-likeness (QED) is 0.405. The van der Waals surface area contributed by atoms with Gasteiger partial charge in [-0.05, 0) is 43.2 Å². The lowest BCUT2D eigenvalue weighted by molar-refractivity contribution is -0.139. The van der Waals surface area contributed by atoms with Gasteiger partial charge in [-0.15, -0.1) is 0 Å². The van der Waals surface area contributed by atoms with Gasteiger partial charge in [0.25, 0.3) is 0 Å². The molecule has 0 aliphatic carbocycles. The third-order valence-corrected chi connectivity index (χ3v) is 6.74. The molecule has 0 fully saturated rings. The fraction of sp³-hybridized carbons (Fsp3) is 0.440. The number of benzene rings is 2. The van der Waals surface area contributed by atoms with E-state index in [1.54, 1.807) is 6.92 Å². The first-order valence-corrected chi connectivity index (χ1v) is 13.4. The van der Waals surface area contributed by atoms with Gasteiger partial charge in [0, 0.05) is 19.2 Å². The molecule has 9 nitrogen and oxygen atoms in total. The monoisotopic (exact) mass is 523 g/mol. The fourth-order valence-corrected chi connectivity index (χ4v) is 4.34. The van der Waals surface area contributed by atoms with Crippen molar-refractivity contribution in [3.8, 4) is 11.5 Å². The van der Waals surface area contributed by atoms with E-state index >= 15 is 0 Å². The van der Waals surface area contributed by atoms with Crippen molar-refractivity contribution in [2.45, 2.75) is 39.3 Å². The topological polar surface area (TPSA) is 105 Å². The Morgan fingerprint density at radius 2 is 1.69 bits per heavy atom. The number of carbonyl (C=O) groups is 2. The van der Waals surface area contributed by atoms with Crippen molar-refractivity contribution in [1.82, 2.24) is 10.2 Å². The summed E-state index contributed by atoms with van der Waals surface area (Å²) in [7, 11) is -1.02. The van der Waals surface area contributed by atoms with E-state index in [0.717, 1.165) is 23.4 Å². The average Bonchev–Trinajstić information content (AvgIpc) is 2.85. The average molecular weight is 524 g/mol. The van der Waals surface area contributed by atoms with Crippen molar-refractivity contribution in [3.05, 3.63) is 53.8 Å². The molecular formula is C25H34FN3O6S. The van der Waals surface area contributed by atoms with E-state index in [1.165, 1.54) is 61.6 Å². The SMILES string of the molecule is CCCCNC(=O)[C@H](C)N(Cc1ccc(F)cc1)C(=O)CN(c1ccc(OC)c(OC)c1)S(C)(=O)=O.